The highest BCUT2D eigenvalue weighted by molar-refractivity contribution is 7.89. The van der Waals surface area contributed by atoms with Gasteiger partial charge in [0.05, 0.1) is 30.1 Å². The molecule has 1 aliphatic rings. The number of methoxy groups -OCH3 is 1. The van der Waals surface area contributed by atoms with Crippen LogP contribution < -0.4 is 10.1 Å². The maximum atomic E-state index is 12.7. The van der Waals surface area contributed by atoms with E-state index in [0.717, 1.165) is 6.07 Å². The van der Waals surface area contributed by atoms with Crippen LogP contribution >= 0.6 is 0 Å². The third-order valence-electron chi connectivity index (χ3n) is 4.14. The first-order chi connectivity index (χ1) is 12.9. The first-order valence-electron chi connectivity index (χ1n) is 8.19. The Morgan fingerprint density at radius 3 is 2.41 bits per heavy atom. The summed E-state index contributed by atoms with van der Waals surface area (Å²) in [4.78, 5) is 10.8. The normalized spacial score (nSPS) is 15.3. The Morgan fingerprint density at radius 2 is 1.81 bits per heavy atom. The molecule has 1 fully saturated rings. The van der Waals surface area contributed by atoms with Gasteiger partial charge in [0.1, 0.15) is 11.4 Å². The Hall–Kier alpha value is -2.69. The molecule has 0 bridgehead atoms. The molecule has 0 aromatic heterocycles. The Balaban J connectivity index is 1.91. The molecule has 3 rings (SSSR count). The van der Waals surface area contributed by atoms with E-state index >= 15 is 0 Å². The molecule has 9 nitrogen and oxygen atoms in total. The number of ether oxygens (including phenoxy) is 2. The van der Waals surface area contributed by atoms with Gasteiger partial charge < -0.3 is 14.8 Å². The molecule has 2 aromatic rings. The molecule has 0 spiro atoms. The van der Waals surface area contributed by atoms with E-state index < -0.39 is 14.9 Å². The third kappa shape index (κ3) is 4.18. The quantitative estimate of drug-likeness (QED) is 0.592. The molecular formula is C17H19N3O6S. The number of sulfonamides is 1. The largest absolute Gasteiger partial charge is 0.497 e. The predicted molar refractivity (Wildman–Crippen MR) is 99.0 cm³/mol. The summed E-state index contributed by atoms with van der Waals surface area (Å²) in [6.45, 7) is 1.06. The second kappa shape index (κ2) is 7.91. The molecule has 2 aromatic carbocycles. The number of benzene rings is 2. The molecule has 0 unspecified atom stereocenters. The standard InChI is InChI=1S/C17H19N3O6S/c1-25-14-4-2-13(3-5-14)18-16-7-6-15(12-17(16)20(21)22)27(23,24)19-8-10-26-11-9-19/h2-7,12,18H,8-11H2,1H3. The summed E-state index contributed by atoms with van der Waals surface area (Å²) >= 11 is 0. The number of morpholine rings is 1. The minimum atomic E-state index is -3.81. The molecule has 1 saturated heterocycles. The minimum Gasteiger partial charge on any atom is -0.497 e. The zero-order chi connectivity index (χ0) is 19.4. The van der Waals surface area contributed by atoms with Gasteiger partial charge in [0, 0.05) is 24.8 Å². The summed E-state index contributed by atoms with van der Waals surface area (Å²) in [6, 6.07) is 10.7. The van der Waals surface area contributed by atoms with Crippen molar-refractivity contribution in [2.45, 2.75) is 4.90 Å². The Labute approximate surface area is 156 Å². The van der Waals surface area contributed by atoms with E-state index in [-0.39, 0.29) is 29.4 Å². The van der Waals surface area contributed by atoms with Crippen LogP contribution in [-0.4, -0.2) is 51.1 Å². The maximum Gasteiger partial charge on any atom is 0.294 e. The summed E-state index contributed by atoms with van der Waals surface area (Å²) in [7, 11) is -2.27. The van der Waals surface area contributed by atoms with Crippen molar-refractivity contribution in [3.05, 3.63) is 52.6 Å². The molecule has 1 aliphatic heterocycles. The van der Waals surface area contributed by atoms with Crippen LogP contribution in [0.1, 0.15) is 0 Å². The molecule has 0 radical (unpaired) electrons. The van der Waals surface area contributed by atoms with Crippen LogP contribution in [0, 0.1) is 10.1 Å². The molecule has 0 amide bonds. The lowest BCUT2D eigenvalue weighted by Crippen LogP contribution is -2.40. The van der Waals surface area contributed by atoms with Crippen LogP contribution in [0.2, 0.25) is 0 Å². The van der Waals surface area contributed by atoms with E-state index in [9.17, 15) is 18.5 Å². The van der Waals surface area contributed by atoms with Crippen LogP contribution in [0.5, 0.6) is 5.75 Å². The Bertz CT molecular complexity index is 924. The molecule has 27 heavy (non-hydrogen) atoms. The second-order valence-electron chi connectivity index (χ2n) is 5.81. The Morgan fingerprint density at radius 1 is 1.15 bits per heavy atom. The van der Waals surface area contributed by atoms with Gasteiger partial charge >= 0.3 is 0 Å². The maximum absolute atomic E-state index is 12.7. The van der Waals surface area contributed by atoms with Crippen molar-refractivity contribution >= 4 is 27.1 Å². The van der Waals surface area contributed by atoms with E-state index in [1.165, 1.54) is 16.4 Å². The van der Waals surface area contributed by atoms with Gasteiger partial charge in [-0.2, -0.15) is 4.31 Å². The summed E-state index contributed by atoms with van der Waals surface area (Å²) < 4.78 is 36.9. The lowest BCUT2D eigenvalue weighted by molar-refractivity contribution is -0.384. The van der Waals surface area contributed by atoms with Gasteiger partial charge in [-0.05, 0) is 36.4 Å². The van der Waals surface area contributed by atoms with Crippen molar-refractivity contribution in [3.8, 4) is 5.75 Å². The number of hydrogen-bond acceptors (Lipinski definition) is 7. The molecular weight excluding hydrogens is 374 g/mol. The first kappa shape index (κ1) is 19.1. The predicted octanol–water partition coefficient (Wildman–Crippen LogP) is 2.37. The molecule has 0 atom stereocenters. The van der Waals surface area contributed by atoms with Crippen molar-refractivity contribution in [1.29, 1.82) is 0 Å². The van der Waals surface area contributed by atoms with E-state index in [1.807, 2.05) is 0 Å². The highest BCUT2D eigenvalue weighted by Gasteiger charge is 2.28. The second-order valence-corrected chi connectivity index (χ2v) is 7.74. The summed E-state index contributed by atoms with van der Waals surface area (Å²) in [5, 5.41) is 14.4. The number of nitro groups is 1. The average molecular weight is 393 g/mol. The molecule has 10 heteroatoms. The zero-order valence-electron chi connectivity index (χ0n) is 14.6. The SMILES string of the molecule is COc1ccc(Nc2ccc(S(=O)(=O)N3CCOCC3)cc2[N+](=O)[O-])cc1. The Kier molecular flexibility index (Phi) is 5.59. The number of hydrogen-bond donors (Lipinski definition) is 1. The van der Waals surface area contributed by atoms with Crippen LogP contribution in [0.25, 0.3) is 0 Å². The van der Waals surface area contributed by atoms with E-state index in [0.29, 0.717) is 24.7 Å². The van der Waals surface area contributed by atoms with E-state index in [2.05, 4.69) is 5.32 Å². The van der Waals surface area contributed by atoms with Crippen LogP contribution in [-0.2, 0) is 14.8 Å². The lowest BCUT2D eigenvalue weighted by atomic mass is 10.2. The van der Waals surface area contributed by atoms with E-state index in [1.54, 1.807) is 31.4 Å². The molecule has 144 valence electrons. The monoisotopic (exact) mass is 393 g/mol. The fraction of sp³-hybridized carbons (Fsp3) is 0.294. The molecule has 0 aliphatic carbocycles. The average Bonchev–Trinajstić information content (AvgIpc) is 2.69. The van der Waals surface area contributed by atoms with Gasteiger partial charge in [-0.15, -0.1) is 0 Å². The minimum absolute atomic E-state index is 0.114. The summed E-state index contributed by atoms with van der Waals surface area (Å²) in [5.41, 5.74) is 0.494. The highest BCUT2D eigenvalue weighted by Crippen LogP contribution is 2.31. The zero-order valence-corrected chi connectivity index (χ0v) is 15.4. The van der Waals surface area contributed by atoms with Gasteiger partial charge in [0.25, 0.3) is 5.69 Å². The number of rotatable bonds is 6. The van der Waals surface area contributed by atoms with Gasteiger partial charge in [0.15, 0.2) is 0 Å². The number of nitrogens with zero attached hydrogens (tertiary/aromatic N) is 2. The lowest BCUT2D eigenvalue weighted by Gasteiger charge is -2.26. The van der Waals surface area contributed by atoms with Crippen molar-refractivity contribution < 1.29 is 22.8 Å². The van der Waals surface area contributed by atoms with Crippen molar-refractivity contribution in [2.75, 3.05) is 38.7 Å². The van der Waals surface area contributed by atoms with Crippen molar-refractivity contribution in [2.24, 2.45) is 0 Å². The van der Waals surface area contributed by atoms with Gasteiger partial charge in [0.2, 0.25) is 10.0 Å². The molecule has 0 saturated carbocycles. The topological polar surface area (TPSA) is 111 Å². The number of nitro benzene ring substituents is 1. The van der Waals surface area contributed by atoms with E-state index in [4.69, 9.17) is 9.47 Å². The summed E-state index contributed by atoms with van der Waals surface area (Å²) in [6.07, 6.45) is 0. The van der Waals surface area contributed by atoms with Gasteiger partial charge in [-0.25, -0.2) is 8.42 Å². The van der Waals surface area contributed by atoms with Crippen molar-refractivity contribution in [3.63, 3.8) is 0 Å². The fourth-order valence-corrected chi connectivity index (χ4v) is 4.12. The molecule has 1 N–H and O–H groups in total. The van der Waals surface area contributed by atoms with Crippen LogP contribution in [0.4, 0.5) is 17.1 Å². The highest BCUT2D eigenvalue weighted by atomic mass is 32.2. The van der Waals surface area contributed by atoms with Crippen LogP contribution in [0.15, 0.2) is 47.4 Å². The smallest absolute Gasteiger partial charge is 0.294 e. The summed E-state index contributed by atoms with van der Waals surface area (Å²) in [5.74, 6) is 0.655. The fourth-order valence-electron chi connectivity index (χ4n) is 2.69. The van der Waals surface area contributed by atoms with Gasteiger partial charge in [-0.3, -0.25) is 10.1 Å². The number of nitrogens with one attached hydrogen (secondary N) is 1. The van der Waals surface area contributed by atoms with Crippen molar-refractivity contribution in [1.82, 2.24) is 4.31 Å². The number of anilines is 2. The third-order valence-corrected chi connectivity index (χ3v) is 6.04. The molecule has 1 heterocycles. The van der Waals surface area contributed by atoms with Gasteiger partial charge in [-0.1, -0.05) is 0 Å². The van der Waals surface area contributed by atoms with Crippen LogP contribution in [0.3, 0.4) is 0 Å². The first-order valence-corrected chi connectivity index (χ1v) is 9.63.